The monoisotopic (exact) mass is 593 g/mol. The summed E-state index contributed by atoms with van der Waals surface area (Å²) in [5.74, 6) is -1.85. The zero-order valence-electron chi connectivity index (χ0n) is 23.4. The van der Waals surface area contributed by atoms with E-state index in [2.05, 4.69) is 15.0 Å². The van der Waals surface area contributed by atoms with E-state index in [-0.39, 0.29) is 41.5 Å². The molecule has 2 aliphatic rings. The van der Waals surface area contributed by atoms with Gasteiger partial charge in [0.25, 0.3) is 11.8 Å². The van der Waals surface area contributed by atoms with Gasteiger partial charge in [-0.1, -0.05) is 61.7 Å². The van der Waals surface area contributed by atoms with Crippen molar-refractivity contribution in [2.45, 2.75) is 69.7 Å². The van der Waals surface area contributed by atoms with Crippen molar-refractivity contribution in [2.75, 3.05) is 18.9 Å². The zero-order valence-corrected chi connectivity index (χ0v) is 24.2. The SMILES string of the molecule is Nc1c(C(=O)NC2CCCCC2)nsc1C(=O)N(Cc1ccccc1)[C@@H](C(=O)NC[C@@H]1CCCO1)c1ccc(F)cc1. The molecular weight excluding hydrogens is 557 g/mol. The molecule has 2 heterocycles. The minimum atomic E-state index is -1.11. The van der Waals surface area contributed by atoms with Crippen LogP contribution in [0.15, 0.2) is 54.6 Å². The minimum Gasteiger partial charge on any atom is -0.395 e. The Morgan fingerprint density at radius 1 is 1.02 bits per heavy atom. The van der Waals surface area contributed by atoms with E-state index < -0.39 is 29.6 Å². The summed E-state index contributed by atoms with van der Waals surface area (Å²) in [6, 6.07) is 13.7. The molecule has 1 aliphatic heterocycles. The lowest BCUT2D eigenvalue weighted by molar-refractivity contribution is -0.126. The minimum absolute atomic E-state index is 0.00903. The highest BCUT2D eigenvalue weighted by atomic mass is 32.1. The molecule has 1 saturated heterocycles. The first-order valence-electron chi connectivity index (χ1n) is 14.5. The average Bonchev–Trinajstić information content (AvgIpc) is 3.67. The highest BCUT2D eigenvalue weighted by molar-refractivity contribution is 7.09. The van der Waals surface area contributed by atoms with Crippen molar-refractivity contribution < 1.29 is 23.5 Å². The molecule has 9 nitrogen and oxygen atoms in total. The number of nitrogens with zero attached hydrogens (tertiary/aromatic N) is 2. The van der Waals surface area contributed by atoms with E-state index in [1.807, 2.05) is 30.3 Å². The van der Waals surface area contributed by atoms with Gasteiger partial charge in [0.1, 0.15) is 16.7 Å². The van der Waals surface area contributed by atoms with E-state index in [4.69, 9.17) is 10.5 Å². The second-order valence-corrected chi connectivity index (χ2v) is 11.6. The van der Waals surface area contributed by atoms with Gasteiger partial charge in [0.15, 0.2) is 5.69 Å². The maximum Gasteiger partial charge on any atom is 0.273 e. The predicted octanol–water partition coefficient (Wildman–Crippen LogP) is 4.61. The Morgan fingerprint density at radius 3 is 2.45 bits per heavy atom. The van der Waals surface area contributed by atoms with Gasteiger partial charge in [-0.25, -0.2) is 4.39 Å². The van der Waals surface area contributed by atoms with Crippen LogP contribution in [0.4, 0.5) is 10.1 Å². The van der Waals surface area contributed by atoms with Gasteiger partial charge in [0.2, 0.25) is 5.91 Å². The molecule has 3 aromatic rings. The average molecular weight is 594 g/mol. The lowest BCUT2D eigenvalue weighted by Gasteiger charge is -2.31. The summed E-state index contributed by atoms with van der Waals surface area (Å²) in [4.78, 5) is 42.6. The van der Waals surface area contributed by atoms with Crippen molar-refractivity contribution in [3.05, 3.63) is 82.1 Å². The Hall–Kier alpha value is -3.83. The number of hydrogen-bond donors (Lipinski definition) is 3. The van der Waals surface area contributed by atoms with E-state index in [1.165, 1.54) is 29.2 Å². The van der Waals surface area contributed by atoms with Crippen LogP contribution in [-0.2, 0) is 16.1 Å². The third kappa shape index (κ3) is 7.14. The van der Waals surface area contributed by atoms with Gasteiger partial charge in [-0.15, -0.1) is 0 Å². The second kappa shape index (κ2) is 13.9. The number of nitrogens with one attached hydrogen (secondary N) is 2. The molecule has 5 rings (SSSR count). The molecule has 4 N–H and O–H groups in total. The van der Waals surface area contributed by atoms with Crippen LogP contribution in [0, 0.1) is 5.82 Å². The summed E-state index contributed by atoms with van der Waals surface area (Å²) in [5.41, 5.74) is 7.60. The van der Waals surface area contributed by atoms with E-state index in [0.717, 1.165) is 62.0 Å². The number of amides is 3. The van der Waals surface area contributed by atoms with Crippen molar-refractivity contribution in [1.29, 1.82) is 0 Å². The third-order valence-electron chi connectivity index (χ3n) is 7.81. The Labute approximate surface area is 248 Å². The van der Waals surface area contributed by atoms with Crippen molar-refractivity contribution >= 4 is 34.9 Å². The normalized spacial score (nSPS) is 17.9. The summed E-state index contributed by atoms with van der Waals surface area (Å²) in [7, 11) is 0. The fourth-order valence-electron chi connectivity index (χ4n) is 5.54. The molecule has 42 heavy (non-hydrogen) atoms. The number of rotatable bonds is 10. The van der Waals surface area contributed by atoms with Crippen molar-refractivity contribution in [2.24, 2.45) is 0 Å². The Morgan fingerprint density at radius 2 is 1.76 bits per heavy atom. The van der Waals surface area contributed by atoms with E-state index in [1.54, 1.807) is 0 Å². The van der Waals surface area contributed by atoms with Crippen LogP contribution in [0.3, 0.4) is 0 Å². The zero-order chi connectivity index (χ0) is 29.5. The van der Waals surface area contributed by atoms with Crippen molar-refractivity contribution in [3.8, 4) is 0 Å². The fourth-order valence-corrected chi connectivity index (χ4v) is 6.30. The van der Waals surface area contributed by atoms with Gasteiger partial charge >= 0.3 is 0 Å². The molecule has 2 atom stereocenters. The molecule has 222 valence electrons. The highest BCUT2D eigenvalue weighted by Crippen LogP contribution is 2.31. The number of carbonyl (C=O) groups is 3. The summed E-state index contributed by atoms with van der Waals surface area (Å²) >= 11 is 0.835. The molecule has 1 aliphatic carbocycles. The number of hydrogen-bond acceptors (Lipinski definition) is 7. The summed E-state index contributed by atoms with van der Waals surface area (Å²) in [6.07, 6.45) is 6.68. The van der Waals surface area contributed by atoms with Crippen LogP contribution in [-0.4, -0.2) is 52.3 Å². The fraction of sp³-hybridized carbons (Fsp3) is 0.419. The van der Waals surface area contributed by atoms with Crippen LogP contribution in [0.25, 0.3) is 0 Å². The van der Waals surface area contributed by atoms with Gasteiger partial charge in [-0.05, 0) is 60.5 Å². The van der Waals surface area contributed by atoms with Crippen molar-refractivity contribution in [3.63, 3.8) is 0 Å². The Kier molecular flexibility index (Phi) is 9.81. The van der Waals surface area contributed by atoms with Crippen LogP contribution < -0.4 is 16.4 Å². The van der Waals surface area contributed by atoms with Gasteiger partial charge in [0, 0.05) is 25.7 Å². The Balaban J connectivity index is 1.46. The van der Waals surface area contributed by atoms with Crippen LogP contribution in [0.1, 0.15) is 82.3 Å². The van der Waals surface area contributed by atoms with Crippen LogP contribution >= 0.6 is 11.5 Å². The smallest absolute Gasteiger partial charge is 0.273 e. The standard InChI is InChI=1S/C31H36FN5O4S/c32-22-15-13-21(14-16-22)27(30(39)34-18-24-12-7-17-41-24)37(19-20-8-3-1-4-9-20)31(40)28-25(33)26(36-42-28)29(38)35-23-10-5-2-6-11-23/h1,3-4,8-9,13-16,23-24,27H,2,5-7,10-12,17-19,33H2,(H,34,39)(H,35,38)/t24-,27+/m0/s1. The number of anilines is 1. The molecule has 0 spiro atoms. The molecule has 2 aromatic carbocycles. The lowest BCUT2D eigenvalue weighted by atomic mass is 9.95. The second-order valence-electron chi connectivity index (χ2n) is 10.8. The first kappa shape index (κ1) is 29.7. The highest BCUT2D eigenvalue weighted by Gasteiger charge is 2.36. The first-order chi connectivity index (χ1) is 20.4. The lowest BCUT2D eigenvalue weighted by Crippen LogP contribution is -2.45. The van der Waals surface area contributed by atoms with Crippen LogP contribution in [0.5, 0.6) is 0 Å². The number of aromatic nitrogens is 1. The molecule has 11 heteroatoms. The molecular formula is C31H36FN5O4S. The number of carbonyl (C=O) groups excluding carboxylic acids is 3. The number of ether oxygens (including phenoxy) is 1. The Bertz CT molecular complexity index is 1370. The van der Waals surface area contributed by atoms with Gasteiger partial charge in [-0.3, -0.25) is 14.4 Å². The molecule has 1 saturated carbocycles. The summed E-state index contributed by atoms with van der Waals surface area (Å²) in [5, 5.41) is 5.94. The predicted molar refractivity (Wildman–Crippen MR) is 158 cm³/mol. The molecule has 1 aromatic heterocycles. The van der Waals surface area contributed by atoms with E-state index in [9.17, 15) is 18.8 Å². The molecule has 0 radical (unpaired) electrons. The van der Waals surface area contributed by atoms with Gasteiger partial charge in [0.05, 0.1) is 11.8 Å². The summed E-state index contributed by atoms with van der Waals surface area (Å²) < 4.78 is 23.8. The van der Waals surface area contributed by atoms with Crippen molar-refractivity contribution in [1.82, 2.24) is 19.9 Å². The quantitative estimate of drug-likeness (QED) is 0.315. The van der Waals surface area contributed by atoms with Gasteiger partial charge < -0.3 is 26.0 Å². The number of nitrogen functional groups attached to an aromatic ring is 1. The van der Waals surface area contributed by atoms with E-state index in [0.29, 0.717) is 12.2 Å². The third-order valence-corrected chi connectivity index (χ3v) is 8.66. The number of halogens is 1. The number of nitrogens with two attached hydrogens (primary N) is 1. The maximum absolute atomic E-state index is 14.2. The molecule has 0 bridgehead atoms. The number of benzene rings is 2. The first-order valence-corrected chi connectivity index (χ1v) is 15.2. The van der Waals surface area contributed by atoms with Crippen LogP contribution in [0.2, 0.25) is 0 Å². The molecule has 3 amide bonds. The largest absolute Gasteiger partial charge is 0.395 e. The maximum atomic E-state index is 14.2. The van der Waals surface area contributed by atoms with Gasteiger partial charge in [-0.2, -0.15) is 4.37 Å². The molecule has 2 fully saturated rings. The summed E-state index contributed by atoms with van der Waals surface area (Å²) in [6.45, 7) is 0.996. The topological polar surface area (TPSA) is 127 Å². The molecule has 0 unspecified atom stereocenters. The van der Waals surface area contributed by atoms with E-state index >= 15 is 0 Å².